The van der Waals surface area contributed by atoms with Crippen molar-refractivity contribution in [2.24, 2.45) is 0 Å². The van der Waals surface area contributed by atoms with Crippen molar-refractivity contribution in [2.75, 3.05) is 0 Å². The lowest BCUT2D eigenvalue weighted by Crippen LogP contribution is -1.94. The van der Waals surface area contributed by atoms with Crippen LogP contribution < -0.4 is 0 Å². The first-order chi connectivity index (χ1) is 8.09. The quantitative estimate of drug-likeness (QED) is 0.666. The van der Waals surface area contributed by atoms with E-state index >= 15 is 0 Å². The fourth-order valence-corrected chi connectivity index (χ4v) is 2.27. The lowest BCUT2D eigenvalue weighted by atomic mass is 9.90. The maximum atomic E-state index is 2.29. The van der Waals surface area contributed by atoms with Crippen LogP contribution in [0.25, 0.3) is 11.1 Å². The fraction of sp³-hybridized carbons (Fsp3) is 0.294. The van der Waals surface area contributed by atoms with Gasteiger partial charge in [-0.1, -0.05) is 61.9 Å². The predicted molar refractivity (Wildman–Crippen MR) is 75.4 cm³/mol. The summed E-state index contributed by atoms with van der Waals surface area (Å²) in [6, 6.07) is 15.4. The first kappa shape index (κ1) is 11.9. The van der Waals surface area contributed by atoms with Gasteiger partial charge in [0.2, 0.25) is 0 Å². The van der Waals surface area contributed by atoms with Gasteiger partial charge in [0.1, 0.15) is 0 Å². The average molecular weight is 224 g/mol. The van der Waals surface area contributed by atoms with E-state index in [9.17, 15) is 0 Å². The number of hydrogen-bond acceptors (Lipinski definition) is 0. The Morgan fingerprint density at radius 3 is 2.24 bits per heavy atom. The predicted octanol–water partition coefficient (Wildman–Crippen LogP) is 5.09. The molecule has 0 spiro atoms. The zero-order valence-corrected chi connectivity index (χ0v) is 11.1. The normalized spacial score (nSPS) is 10.9. The third kappa shape index (κ3) is 2.41. The molecule has 0 heterocycles. The lowest BCUT2D eigenvalue weighted by Gasteiger charge is -2.15. The SMILES string of the molecule is Cc1ccc(C)c(-c2ccccc2C(C)C)c1. The van der Waals surface area contributed by atoms with Crippen LogP contribution in [0.3, 0.4) is 0 Å². The van der Waals surface area contributed by atoms with E-state index in [0.717, 1.165) is 0 Å². The Balaban J connectivity index is 2.64. The summed E-state index contributed by atoms with van der Waals surface area (Å²) in [7, 11) is 0. The largest absolute Gasteiger partial charge is 0.0619 e. The molecule has 0 aliphatic heterocycles. The van der Waals surface area contributed by atoms with Crippen molar-refractivity contribution in [2.45, 2.75) is 33.6 Å². The Bertz CT molecular complexity index is 521. The van der Waals surface area contributed by atoms with Crippen LogP contribution in [0.4, 0.5) is 0 Å². The van der Waals surface area contributed by atoms with Crippen LogP contribution in [0, 0.1) is 13.8 Å². The van der Waals surface area contributed by atoms with Gasteiger partial charge in [0, 0.05) is 0 Å². The number of benzene rings is 2. The van der Waals surface area contributed by atoms with Crippen molar-refractivity contribution in [3.05, 3.63) is 59.2 Å². The molecule has 0 radical (unpaired) electrons. The van der Waals surface area contributed by atoms with Gasteiger partial charge in [-0.2, -0.15) is 0 Å². The molecule has 2 rings (SSSR count). The van der Waals surface area contributed by atoms with Crippen LogP contribution in [0.15, 0.2) is 42.5 Å². The molecule has 0 N–H and O–H groups in total. The Morgan fingerprint density at radius 2 is 1.53 bits per heavy atom. The van der Waals surface area contributed by atoms with Gasteiger partial charge < -0.3 is 0 Å². The summed E-state index contributed by atoms with van der Waals surface area (Å²) in [5.74, 6) is 0.561. The molecular formula is C17H20. The Labute approximate surface area is 104 Å². The summed E-state index contributed by atoms with van der Waals surface area (Å²) in [5, 5.41) is 0. The zero-order chi connectivity index (χ0) is 12.4. The highest BCUT2D eigenvalue weighted by molar-refractivity contribution is 5.71. The highest BCUT2D eigenvalue weighted by Gasteiger charge is 2.09. The third-order valence-corrected chi connectivity index (χ3v) is 3.27. The van der Waals surface area contributed by atoms with Crippen molar-refractivity contribution in [1.82, 2.24) is 0 Å². The van der Waals surface area contributed by atoms with Gasteiger partial charge >= 0.3 is 0 Å². The van der Waals surface area contributed by atoms with Gasteiger partial charge in [0.15, 0.2) is 0 Å². The molecule has 0 aliphatic carbocycles. The average Bonchev–Trinajstić information content (AvgIpc) is 2.32. The Hall–Kier alpha value is -1.56. The van der Waals surface area contributed by atoms with Crippen LogP contribution >= 0.6 is 0 Å². The second kappa shape index (κ2) is 4.75. The van der Waals surface area contributed by atoms with E-state index in [4.69, 9.17) is 0 Å². The maximum absolute atomic E-state index is 2.29. The van der Waals surface area contributed by atoms with Gasteiger partial charge in [0.25, 0.3) is 0 Å². The molecule has 88 valence electrons. The Morgan fingerprint density at radius 1 is 0.824 bits per heavy atom. The zero-order valence-electron chi connectivity index (χ0n) is 11.1. The number of rotatable bonds is 2. The fourth-order valence-electron chi connectivity index (χ4n) is 2.27. The maximum Gasteiger partial charge on any atom is -0.0147 e. The van der Waals surface area contributed by atoms with Crippen LogP contribution in [0.5, 0.6) is 0 Å². The van der Waals surface area contributed by atoms with Gasteiger partial charge in [0.05, 0.1) is 0 Å². The molecule has 0 nitrogen and oxygen atoms in total. The third-order valence-electron chi connectivity index (χ3n) is 3.27. The molecule has 0 atom stereocenters. The lowest BCUT2D eigenvalue weighted by molar-refractivity contribution is 0.869. The molecule has 0 aromatic heterocycles. The van der Waals surface area contributed by atoms with E-state index in [2.05, 4.69) is 70.2 Å². The van der Waals surface area contributed by atoms with Crippen molar-refractivity contribution in [3.63, 3.8) is 0 Å². The van der Waals surface area contributed by atoms with E-state index in [1.807, 2.05) is 0 Å². The summed E-state index contributed by atoms with van der Waals surface area (Å²) in [5.41, 5.74) is 6.85. The van der Waals surface area contributed by atoms with Crippen LogP contribution in [0.1, 0.15) is 36.5 Å². The van der Waals surface area contributed by atoms with E-state index in [1.54, 1.807) is 0 Å². The topological polar surface area (TPSA) is 0 Å². The molecule has 2 aromatic rings. The van der Waals surface area contributed by atoms with E-state index in [-0.39, 0.29) is 0 Å². The monoisotopic (exact) mass is 224 g/mol. The summed E-state index contributed by atoms with van der Waals surface area (Å²) in [6.45, 7) is 8.85. The van der Waals surface area contributed by atoms with Gasteiger partial charge in [-0.25, -0.2) is 0 Å². The molecule has 0 aliphatic rings. The summed E-state index contributed by atoms with van der Waals surface area (Å²) >= 11 is 0. The first-order valence-corrected chi connectivity index (χ1v) is 6.26. The van der Waals surface area contributed by atoms with Gasteiger partial charge in [-0.15, -0.1) is 0 Å². The van der Waals surface area contributed by atoms with Crippen LogP contribution in [0.2, 0.25) is 0 Å². The summed E-state index contributed by atoms with van der Waals surface area (Å²) < 4.78 is 0. The standard InChI is InChI=1S/C17H20/c1-12(2)15-7-5-6-8-16(15)17-11-13(3)9-10-14(17)4/h5-12H,1-4H3. The number of aryl methyl sites for hydroxylation is 2. The summed E-state index contributed by atoms with van der Waals surface area (Å²) in [6.07, 6.45) is 0. The summed E-state index contributed by atoms with van der Waals surface area (Å²) in [4.78, 5) is 0. The van der Waals surface area contributed by atoms with Crippen molar-refractivity contribution in [3.8, 4) is 11.1 Å². The molecule has 0 amide bonds. The molecule has 17 heavy (non-hydrogen) atoms. The van der Waals surface area contributed by atoms with E-state index in [0.29, 0.717) is 5.92 Å². The van der Waals surface area contributed by atoms with Crippen LogP contribution in [-0.2, 0) is 0 Å². The first-order valence-electron chi connectivity index (χ1n) is 6.26. The molecule has 0 saturated carbocycles. The second-order valence-electron chi connectivity index (χ2n) is 5.06. The smallest absolute Gasteiger partial charge is 0.0147 e. The molecule has 2 aromatic carbocycles. The molecule has 0 bridgehead atoms. The highest BCUT2D eigenvalue weighted by atomic mass is 14.1. The minimum absolute atomic E-state index is 0.561. The molecule has 0 saturated heterocycles. The van der Waals surface area contributed by atoms with Crippen LogP contribution in [-0.4, -0.2) is 0 Å². The molecule has 0 fully saturated rings. The number of hydrogen-bond donors (Lipinski definition) is 0. The molecule has 0 heteroatoms. The Kier molecular flexibility index (Phi) is 3.33. The van der Waals surface area contributed by atoms with Gasteiger partial charge in [-0.05, 0) is 42.0 Å². The highest BCUT2D eigenvalue weighted by Crippen LogP contribution is 2.31. The molecule has 0 unspecified atom stereocenters. The van der Waals surface area contributed by atoms with Gasteiger partial charge in [-0.3, -0.25) is 0 Å². The van der Waals surface area contributed by atoms with Crippen molar-refractivity contribution in [1.29, 1.82) is 0 Å². The van der Waals surface area contributed by atoms with E-state index in [1.165, 1.54) is 27.8 Å². The minimum Gasteiger partial charge on any atom is -0.0619 e. The van der Waals surface area contributed by atoms with Crippen molar-refractivity contribution < 1.29 is 0 Å². The van der Waals surface area contributed by atoms with Crippen molar-refractivity contribution >= 4 is 0 Å². The minimum atomic E-state index is 0.561. The molecular weight excluding hydrogens is 204 g/mol. The van der Waals surface area contributed by atoms with E-state index < -0.39 is 0 Å². The second-order valence-corrected chi connectivity index (χ2v) is 5.06.